The molecule has 0 aromatic carbocycles. The van der Waals surface area contributed by atoms with Gasteiger partial charge in [-0.3, -0.25) is 15.0 Å². The van der Waals surface area contributed by atoms with Crippen molar-refractivity contribution in [3.63, 3.8) is 0 Å². The van der Waals surface area contributed by atoms with Crippen LogP contribution in [0.15, 0.2) is 28.2 Å². The Labute approximate surface area is 92.1 Å². The van der Waals surface area contributed by atoms with E-state index in [0.717, 1.165) is 0 Å². The van der Waals surface area contributed by atoms with Gasteiger partial charge in [0.1, 0.15) is 0 Å². The maximum absolute atomic E-state index is 10.8. The molecule has 4 nitrogen and oxygen atoms in total. The zero-order valence-corrected chi connectivity index (χ0v) is 8.91. The largest absolute Gasteiger partial charge is 0.289 e. The van der Waals surface area contributed by atoms with Crippen LogP contribution in [0.1, 0.15) is 12.8 Å². The number of rotatable bonds is 3. The third-order valence-corrected chi connectivity index (χ3v) is 3.77. The van der Waals surface area contributed by atoms with Crippen molar-refractivity contribution in [2.45, 2.75) is 18.1 Å². The van der Waals surface area contributed by atoms with Crippen molar-refractivity contribution >= 4 is 23.9 Å². The standard InChI is InChI=1S/C10H12N2O2S/c13-10(12-14)2-1-8-5-7-6-11-4-3-9(7)15-8/h3-7,9,14H,1-2H2,(H,12,13). The number of carbonyl (C=O) groups is 1. The summed E-state index contributed by atoms with van der Waals surface area (Å²) in [7, 11) is 0. The highest BCUT2D eigenvalue weighted by Gasteiger charge is 2.26. The van der Waals surface area contributed by atoms with Crippen LogP contribution < -0.4 is 5.48 Å². The molecule has 0 aromatic rings. The summed E-state index contributed by atoms with van der Waals surface area (Å²) in [6.07, 6.45) is 8.97. The van der Waals surface area contributed by atoms with Crippen molar-refractivity contribution in [2.24, 2.45) is 10.9 Å². The van der Waals surface area contributed by atoms with Gasteiger partial charge in [0.05, 0.1) is 0 Å². The molecule has 2 rings (SSSR count). The van der Waals surface area contributed by atoms with Crippen LogP contribution in [0.3, 0.4) is 0 Å². The molecule has 15 heavy (non-hydrogen) atoms. The maximum atomic E-state index is 10.8. The van der Waals surface area contributed by atoms with Gasteiger partial charge in [0.2, 0.25) is 5.91 Å². The minimum absolute atomic E-state index is 0.329. The minimum atomic E-state index is -0.337. The van der Waals surface area contributed by atoms with Crippen LogP contribution in [0.5, 0.6) is 0 Å². The first-order valence-corrected chi connectivity index (χ1v) is 5.68. The SMILES string of the molecule is O=C(CCC1=CC2C=NC=CC2S1)NO. The number of carbonyl (C=O) groups excluding carboxylic acids is 1. The Hall–Kier alpha value is -1.07. The number of fused-ring (bicyclic) bond motifs is 1. The molecular weight excluding hydrogens is 212 g/mol. The van der Waals surface area contributed by atoms with E-state index < -0.39 is 0 Å². The average molecular weight is 224 g/mol. The molecule has 2 heterocycles. The van der Waals surface area contributed by atoms with Crippen LogP contribution in [0, 0.1) is 5.92 Å². The van der Waals surface area contributed by atoms with E-state index in [1.54, 1.807) is 17.2 Å². The Kier molecular flexibility index (Phi) is 3.23. The number of allylic oxidation sites excluding steroid dienone is 2. The molecule has 0 radical (unpaired) electrons. The van der Waals surface area contributed by atoms with Gasteiger partial charge in [-0.15, -0.1) is 11.8 Å². The van der Waals surface area contributed by atoms with Gasteiger partial charge in [-0.1, -0.05) is 12.2 Å². The predicted octanol–water partition coefficient (Wildman–Crippen LogP) is 1.49. The number of hydrogen-bond donors (Lipinski definition) is 2. The molecule has 0 fully saturated rings. The van der Waals surface area contributed by atoms with E-state index in [-0.39, 0.29) is 5.91 Å². The summed E-state index contributed by atoms with van der Waals surface area (Å²) < 4.78 is 0. The van der Waals surface area contributed by atoms with Gasteiger partial charge in [-0.05, 0) is 11.3 Å². The molecule has 0 spiro atoms. The monoisotopic (exact) mass is 224 g/mol. The lowest BCUT2D eigenvalue weighted by Crippen LogP contribution is -2.17. The summed E-state index contributed by atoms with van der Waals surface area (Å²) in [6.45, 7) is 0. The van der Waals surface area contributed by atoms with Gasteiger partial charge in [0.25, 0.3) is 0 Å². The van der Waals surface area contributed by atoms with Crippen molar-refractivity contribution in [3.05, 3.63) is 23.3 Å². The maximum Gasteiger partial charge on any atom is 0.243 e. The molecule has 1 amide bonds. The Bertz CT molecular complexity index is 349. The van der Waals surface area contributed by atoms with Crippen LogP contribution in [0.4, 0.5) is 0 Å². The van der Waals surface area contributed by atoms with E-state index in [4.69, 9.17) is 5.21 Å². The Morgan fingerprint density at radius 2 is 2.53 bits per heavy atom. The fourth-order valence-corrected chi connectivity index (χ4v) is 2.88. The topological polar surface area (TPSA) is 61.7 Å². The van der Waals surface area contributed by atoms with Crippen LogP contribution in [-0.4, -0.2) is 22.6 Å². The fourth-order valence-electron chi connectivity index (χ4n) is 1.62. The number of hydrogen-bond acceptors (Lipinski definition) is 4. The molecule has 0 saturated carbocycles. The normalized spacial score (nSPS) is 27.4. The van der Waals surface area contributed by atoms with E-state index in [0.29, 0.717) is 24.0 Å². The van der Waals surface area contributed by atoms with E-state index in [1.807, 2.05) is 12.4 Å². The second-order valence-electron chi connectivity index (χ2n) is 3.47. The second kappa shape index (κ2) is 4.63. The zero-order valence-electron chi connectivity index (χ0n) is 8.09. The smallest absolute Gasteiger partial charge is 0.243 e. The van der Waals surface area contributed by atoms with Gasteiger partial charge in [0.15, 0.2) is 0 Å². The molecule has 0 bridgehead atoms. The molecule has 80 valence electrons. The van der Waals surface area contributed by atoms with E-state index >= 15 is 0 Å². The molecule has 2 unspecified atom stereocenters. The lowest BCUT2D eigenvalue weighted by atomic mass is 10.0. The number of aliphatic imine (C=N–C) groups is 1. The third kappa shape index (κ3) is 2.49. The molecular formula is C10H12N2O2S. The van der Waals surface area contributed by atoms with Crippen molar-refractivity contribution in [2.75, 3.05) is 0 Å². The predicted molar refractivity (Wildman–Crippen MR) is 59.7 cm³/mol. The molecule has 2 aliphatic heterocycles. The molecule has 0 saturated heterocycles. The van der Waals surface area contributed by atoms with Crippen LogP contribution in [0.25, 0.3) is 0 Å². The minimum Gasteiger partial charge on any atom is -0.289 e. The summed E-state index contributed by atoms with van der Waals surface area (Å²) in [4.78, 5) is 16.1. The van der Waals surface area contributed by atoms with Gasteiger partial charge in [-0.2, -0.15) is 0 Å². The molecule has 0 aliphatic carbocycles. The van der Waals surface area contributed by atoms with Gasteiger partial charge < -0.3 is 0 Å². The second-order valence-corrected chi connectivity index (χ2v) is 4.77. The first-order chi connectivity index (χ1) is 7.29. The highest BCUT2D eigenvalue weighted by atomic mass is 32.2. The Morgan fingerprint density at radius 3 is 3.27 bits per heavy atom. The number of amides is 1. The van der Waals surface area contributed by atoms with Gasteiger partial charge in [0, 0.05) is 30.0 Å². The van der Waals surface area contributed by atoms with E-state index in [1.165, 1.54) is 4.91 Å². The van der Waals surface area contributed by atoms with Crippen LogP contribution >= 0.6 is 11.8 Å². The van der Waals surface area contributed by atoms with Gasteiger partial charge in [-0.25, -0.2) is 5.48 Å². The number of nitrogens with one attached hydrogen (secondary N) is 1. The first-order valence-electron chi connectivity index (χ1n) is 4.80. The summed E-state index contributed by atoms with van der Waals surface area (Å²) in [6, 6.07) is 0. The average Bonchev–Trinajstić information content (AvgIpc) is 2.68. The molecule has 2 atom stereocenters. The highest BCUT2D eigenvalue weighted by Crippen LogP contribution is 2.39. The van der Waals surface area contributed by atoms with Crippen LogP contribution in [-0.2, 0) is 4.79 Å². The fraction of sp³-hybridized carbons (Fsp3) is 0.400. The lowest BCUT2D eigenvalue weighted by Gasteiger charge is -2.11. The van der Waals surface area contributed by atoms with Crippen molar-refractivity contribution in [1.29, 1.82) is 0 Å². The summed E-state index contributed by atoms with van der Waals surface area (Å²) in [5, 5.41) is 8.80. The Balaban J connectivity index is 1.88. The molecule has 2 aliphatic rings. The number of thioether (sulfide) groups is 1. The highest BCUT2D eigenvalue weighted by molar-refractivity contribution is 8.04. The lowest BCUT2D eigenvalue weighted by molar-refractivity contribution is -0.129. The molecule has 0 aromatic heterocycles. The van der Waals surface area contributed by atoms with Crippen molar-refractivity contribution < 1.29 is 10.0 Å². The molecule has 5 heteroatoms. The summed E-state index contributed by atoms with van der Waals surface area (Å²) >= 11 is 1.77. The van der Waals surface area contributed by atoms with E-state index in [9.17, 15) is 4.79 Å². The summed E-state index contributed by atoms with van der Waals surface area (Å²) in [5.41, 5.74) is 1.64. The Morgan fingerprint density at radius 1 is 1.67 bits per heavy atom. The van der Waals surface area contributed by atoms with Crippen molar-refractivity contribution in [3.8, 4) is 0 Å². The quantitative estimate of drug-likeness (QED) is 0.564. The number of hydroxylamine groups is 1. The van der Waals surface area contributed by atoms with E-state index in [2.05, 4.69) is 17.1 Å². The summed E-state index contributed by atoms with van der Waals surface area (Å²) in [5.74, 6) is 0.0303. The van der Waals surface area contributed by atoms with Gasteiger partial charge >= 0.3 is 0 Å². The molecule has 2 N–H and O–H groups in total. The first kappa shape index (κ1) is 10.4. The third-order valence-electron chi connectivity index (χ3n) is 2.39. The van der Waals surface area contributed by atoms with Crippen LogP contribution in [0.2, 0.25) is 0 Å². The zero-order chi connectivity index (χ0) is 10.7. The number of nitrogens with zero attached hydrogens (tertiary/aromatic N) is 1. The van der Waals surface area contributed by atoms with Crippen molar-refractivity contribution in [1.82, 2.24) is 5.48 Å².